The van der Waals surface area contributed by atoms with Crippen LogP contribution in [0, 0.1) is 5.92 Å². The van der Waals surface area contributed by atoms with Crippen molar-refractivity contribution in [3.8, 4) is 0 Å². The Bertz CT molecular complexity index is 523. The van der Waals surface area contributed by atoms with Gasteiger partial charge in [0.05, 0.1) is 0 Å². The van der Waals surface area contributed by atoms with Crippen LogP contribution in [0.2, 0.25) is 10.0 Å². The van der Waals surface area contributed by atoms with Crippen molar-refractivity contribution in [3.05, 3.63) is 33.8 Å². The van der Waals surface area contributed by atoms with E-state index in [1.54, 1.807) is 6.07 Å². The number of hydrogen-bond acceptors (Lipinski definition) is 2. The van der Waals surface area contributed by atoms with E-state index in [2.05, 4.69) is 10.2 Å². The van der Waals surface area contributed by atoms with Crippen LogP contribution in [0.5, 0.6) is 0 Å². The van der Waals surface area contributed by atoms with E-state index in [9.17, 15) is 4.79 Å². The predicted octanol–water partition coefficient (Wildman–Crippen LogP) is 3.48. The summed E-state index contributed by atoms with van der Waals surface area (Å²) in [6.07, 6.45) is 4.17. The number of halogens is 2. The molecule has 0 spiro atoms. The number of benzene rings is 1. The van der Waals surface area contributed by atoms with E-state index in [1.165, 1.54) is 0 Å². The third kappa shape index (κ3) is 4.12. The second kappa shape index (κ2) is 6.55. The Labute approximate surface area is 135 Å². The first-order chi connectivity index (χ1) is 10.1. The van der Waals surface area contributed by atoms with E-state index in [0.29, 0.717) is 17.0 Å². The summed E-state index contributed by atoms with van der Waals surface area (Å²) in [6.45, 7) is 2.84. The molecule has 1 N–H and O–H groups in total. The minimum absolute atomic E-state index is 0.259. The molecule has 1 saturated heterocycles. The molecule has 3 rings (SSSR count). The summed E-state index contributed by atoms with van der Waals surface area (Å²) in [7, 11) is 0. The summed E-state index contributed by atoms with van der Waals surface area (Å²) in [4.78, 5) is 14.2. The number of rotatable bonds is 4. The Kier molecular flexibility index (Phi) is 4.72. The monoisotopic (exact) mass is 326 g/mol. The molecule has 5 heteroatoms. The highest BCUT2D eigenvalue weighted by Gasteiger charge is 2.31. The molecule has 0 radical (unpaired) electrons. The molecule has 1 aliphatic carbocycles. The van der Waals surface area contributed by atoms with Crippen molar-refractivity contribution in [2.75, 3.05) is 13.1 Å². The molecule has 1 heterocycles. The van der Waals surface area contributed by atoms with Crippen LogP contribution < -0.4 is 5.32 Å². The van der Waals surface area contributed by atoms with Gasteiger partial charge in [-0.05, 0) is 43.4 Å². The highest BCUT2D eigenvalue weighted by atomic mass is 35.5. The first-order valence-corrected chi connectivity index (χ1v) is 8.34. The van der Waals surface area contributed by atoms with Crippen LogP contribution in [0.3, 0.4) is 0 Å². The zero-order valence-corrected chi connectivity index (χ0v) is 13.5. The average molecular weight is 327 g/mol. The van der Waals surface area contributed by atoms with Crippen molar-refractivity contribution in [3.63, 3.8) is 0 Å². The summed E-state index contributed by atoms with van der Waals surface area (Å²) in [5.41, 5.74) is 1.11. The van der Waals surface area contributed by atoms with Gasteiger partial charge in [-0.15, -0.1) is 0 Å². The van der Waals surface area contributed by atoms with Gasteiger partial charge in [0.15, 0.2) is 0 Å². The van der Waals surface area contributed by atoms with E-state index < -0.39 is 0 Å². The maximum absolute atomic E-state index is 11.8. The van der Waals surface area contributed by atoms with Gasteiger partial charge in [-0.2, -0.15) is 0 Å². The fraction of sp³-hybridized carbons (Fsp3) is 0.562. The second-order valence-corrected chi connectivity index (χ2v) is 6.91. The number of hydrogen-bond donors (Lipinski definition) is 1. The van der Waals surface area contributed by atoms with Gasteiger partial charge in [0.25, 0.3) is 0 Å². The lowest BCUT2D eigenvalue weighted by Gasteiger charge is -2.32. The summed E-state index contributed by atoms with van der Waals surface area (Å²) in [5.74, 6) is 0.560. The third-order valence-corrected chi connectivity index (χ3v) is 4.88. The standard InChI is InChI=1S/C16H20Cl2N2O/c17-13-4-3-12(15(18)9-13)10-20-7-5-14(6-8-20)19-16(21)11-1-2-11/h3-4,9,11,14H,1-2,5-8,10H2,(H,19,21). The molecule has 1 aliphatic heterocycles. The number of nitrogens with one attached hydrogen (secondary N) is 1. The van der Waals surface area contributed by atoms with Gasteiger partial charge < -0.3 is 5.32 Å². The zero-order valence-electron chi connectivity index (χ0n) is 11.9. The lowest BCUT2D eigenvalue weighted by molar-refractivity contribution is -0.123. The van der Waals surface area contributed by atoms with Gasteiger partial charge in [0, 0.05) is 41.6 Å². The highest BCUT2D eigenvalue weighted by Crippen LogP contribution is 2.29. The lowest BCUT2D eigenvalue weighted by atomic mass is 10.0. The predicted molar refractivity (Wildman–Crippen MR) is 85.6 cm³/mol. The molecule has 21 heavy (non-hydrogen) atoms. The molecule has 2 aliphatic rings. The van der Waals surface area contributed by atoms with E-state index in [0.717, 1.165) is 55.9 Å². The van der Waals surface area contributed by atoms with Crippen LogP contribution >= 0.6 is 23.2 Å². The fourth-order valence-corrected chi connectivity index (χ4v) is 3.26. The summed E-state index contributed by atoms with van der Waals surface area (Å²) >= 11 is 12.1. The van der Waals surface area contributed by atoms with Gasteiger partial charge in [0.1, 0.15) is 0 Å². The Morgan fingerprint density at radius 2 is 1.90 bits per heavy atom. The number of amides is 1. The van der Waals surface area contributed by atoms with E-state index in [4.69, 9.17) is 23.2 Å². The molecule has 1 aromatic carbocycles. The molecule has 114 valence electrons. The van der Waals surface area contributed by atoms with Gasteiger partial charge in [0.2, 0.25) is 5.91 Å². The van der Waals surface area contributed by atoms with Crippen LogP contribution in [-0.2, 0) is 11.3 Å². The van der Waals surface area contributed by atoms with Crippen molar-refractivity contribution in [1.29, 1.82) is 0 Å². The summed E-state index contributed by atoms with van der Waals surface area (Å²) in [6, 6.07) is 6.01. The smallest absolute Gasteiger partial charge is 0.223 e. The van der Waals surface area contributed by atoms with Crippen LogP contribution in [0.4, 0.5) is 0 Å². The van der Waals surface area contributed by atoms with Gasteiger partial charge in [-0.1, -0.05) is 29.3 Å². The van der Waals surface area contributed by atoms with Crippen molar-refractivity contribution < 1.29 is 4.79 Å². The number of likely N-dealkylation sites (tertiary alicyclic amines) is 1. The first-order valence-electron chi connectivity index (χ1n) is 7.58. The summed E-state index contributed by atoms with van der Waals surface area (Å²) < 4.78 is 0. The summed E-state index contributed by atoms with van der Waals surface area (Å²) in [5, 5.41) is 4.57. The molecule has 1 amide bonds. The third-order valence-electron chi connectivity index (χ3n) is 4.29. The minimum Gasteiger partial charge on any atom is -0.353 e. The maximum atomic E-state index is 11.8. The number of carbonyl (C=O) groups is 1. The molecule has 0 aromatic heterocycles. The van der Waals surface area contributed by atoms with E-state index in [-0.39, 0.29) is 5.91 Å². The van der Waals surface area contributed by atoms with Crippen LogP contribution in [0.1, 0.15) is 31.2 Å². The van der Waals surface area contributed by atoms with Crippen molar-refractivity contribution >= 4 is 29.1 Å². The molecule has 1 saturated carbocycles. The molecule has 0 bridgehead atoms. The first kappa shape index (κ1) is 15.1. The normalized spacial score (nSPS) is 20.5. The molecule has 1 aromatic rings. The van der Waals surface area contributed by atoms with Gasteiger partial charge >= 0.3 is 0 Å². The number of carbonyl (C=O) groups excluding carboxylic acids is 1. The highest BCUT2D eigenvalue weighted by molar-refractivity contribution is 6.35. The second-order valence-electron chi connectivity index (χ2n) is 6.07. The van der Waals surface area contributed by atoms with Crippen molar-refractivity contribution in [2.24, 2.45) is 5.92 Å². The molecular formula is C16H20Cl2N2O. The van der Waals surface area contributed by atoms with E-state index in [1.807, 2.05) is 12.1 Å². The quantitative estimate of drug-likeness (QED) is 0.918. The molecule has 3 nitrogen and oxygen atoms in total. The molecule has 2 fully saturated rings. The van der Waals surface area contributed by atoms with Gasteiger partial charge in [-0.3, -0.25) is 9.69 Å². The Hall–Kier alpha value is -0.770. The number of nitrogens with zero attached hydrogens (tertiary/aromatic N) is 1. The maximum Gasteiger partial charge on any atom is 0.223 e. The molecule has 0 unspecified atom stereocenters. The van der Waals surface area contributed by atoms with Crippen molar-refractivity contribution in [2.45, 2.75) is 38.3 Å². The van der Waals surface area contributed by atoms with Crippen LogP contribution in [0.25, 0.3) is 0 Å². The Morgan fingerprint density at radius 1 is 1.19 bits per heavy atom. The van der Waals surface area contributed by atoms with Crippen LogP contribution in [-0.4, -0.2) is 29.9 Å². The Balaban J connectivity index is 1.47. The number of piperidine rings is 1. The topological polar surface area (TPSA) is 32.3 Å². The Morgan fingerprint density at radius 3 is 2.52 bits per heavy atom. The zero-order chi connectivity index (χ0) is 14.8. The lowest BCUT2D eigenvalue weighted by Crippen LogP contribution is -2.44. The van der Waals surface area contributed by atoms with Gasteiger partial charge in [-0.25, -0.2) is 0 Å². The van der Waals surface area contributed by atoms with Crippen molar-refractivity contribution in [1.82, 2.24) is 10.2 Å². The SMILES string of the molecule is O=C(NC1CCN(Cc2ccc(Cl)cc2Cl)CC1)C1CC1. The molecule has 0 atom stereocenters. The van der Waals surface area contributed by atoms with E-state index >= 15 is 0 Å². The largest absolute Gasteiger partial charge is 0.353 e. The minimum atomic E-state index is 0.259. The molecular weight excluding hydrogens is 307 g/mol. The van der Waals surface area contributed by atoms with Crippen LogP contribution in [0.15, 0.2) is 18.2 Å². The fourth-order valence-electron chi connectivity index (χ4n) is 2.79. The average Bonchev–Trinajstić information content (AvgIpc) is 3.28.